The van der Waals surface area contributed by atoms with Crippen molar-refractivity contribution in [1.29, 1.82) is 0 Å². The van der Waals surface area contributed by atoms with Crippen molar-refractivity contribution >= 4 is 5.97 Å². The number of likely N-dealkylation sites (tertiary alicyclic amines) is 1. The van der Waals surface area contributed by atoms with Crippen molar-refractivity contribution in [2.75, 3.05) is 13.7 Å². The summed E-state index contributed by atoms with van der Waals surface area (Å²) in [6.07, 6.45) is 0.936. The third-order valence-corrected chi connectivity index (χ3v) is 4.07. The molecule has 0 amide bonds. The maximum Gasteiger partial charge on any atom is 0.321 e. The highest BCUT2D eigenvalue weighted by Crippen LogP contribution is 2.33. The Bertz CT molecular complexity index is 460. The number of carboxylic acid groups (broad SMARTS) is 1. The van der Waals surface area contributed by atoms with Gasteiger partial charge in [-0.2, -0.15) is 0 Å². The summed E-state index contributed by atoms with van der Waals surface area (Å²) in [7, 11) is 1.64. The normalized spacial score (nSPS) is 25.2. The molecule has 0 spiro atoms. The lowest BCUT2D eigenvalue weighted by Crippen LogP contribution is -2.40. The van der Waals surface area contributed by atoms with E-state index in [0.717, 1.165) is 24.3 Å². The zero-order chi connectivity index (χ0) is 14.0. The molecule has 1 aliphatic heterocycles. The van der Waals surface area contributed by atoms with Gasteiger partial charge in [0.2, 0.25) is 0 Å². The molecule has 3 atom stereocenters. The first-order chi connectivity index (χ1) is 9.04. The fraction of sp³-hybridized carbons (Fsp3) is 0.533. The van der Waals surface area contributed by atoms with E-state index in [4.69, 9.17) is 4.74 Å². The highest BCUT2D eigenvalue weighted by atomic mass is 16.5. The Balaban J connectivity index is 2.22. The summed E-state index contributed by atoms with van der Waals surface area (Å²) in [5, 5.41) is 9.38. The highest BCUT2D eigenvalue weighted by molar-refractivity contribution is 5.74. The monoisotopic (exact) mass is 263 g/mol. The summed E-state index contributed by atoms with van der Waals surface area (Å²) in [6, 6.07) is 7.54. The molecule has 0 saturated carbocycles. The van der Waals surface area contributed by atoms with Crippen LogP contribution in [0.1, 0.15) is 31.9 Å². The number of methoxy groups -OCH3 is 1. The molecule has 1 heterocycles. The summed E-state index contributed by atoms with van der Waals surface area (Å²) >= 11 is 0. The second-order valence-electron chi connectivity index (χ2n) is 5.24. The van der Waals surface area contributed by atoms with Crippen LogP contribution in [0.5, 0.6) is 5.75 Å². The van der Waals surface area contributed by atoms with Crippen molar-refractivity contribution in [2.24, 2.45) is 5.92 Å². The largest absolute Gasteiger partial charge is 0.497 e. The van der Waals surface area contributed by atoms with Crippen LogP contribution in [-0.4, -0.2) is 35.7 Å². The van der Waals surface area contributed by atoms with Gasteiger partial charge in [0.05, 0.1) is 7.11 Å². The number of carboxylic acids is 1. The van der Waals surface area contributed by atoms with E-state index in [0.29, 0.717) is 0 Å². The molecule has 19 heavy (non-hydrogen) atoms. The Morgan fingerprint density at radius 3 is 2.89 bits per heavy atom. The smallest absolute Gasteiger partial charge is 0.321 e. The molecule has 0 radical (unpaired) electrons. The average molecular weight is 263 g/mol. The zero-order valence-corrected chi connectivity index (χ0v) is 11.7. The molecular formula is C15H21NO3. The van der Waals surface area contributed by atoms with E-state index in [1.54, 1.807) is 7.11 Å². The topological polar surface area (TPSA) is 49.8 Å². The molecule has 1 fully saturated rings. The molecule has 0 aromatic heterocycles. The number of hydrogen-bond acceptors (Lipinski definition) is 3. The van der Waals surface area contributed by atoms with Gasteiger partial charge in [-0.1, -0.05) is 19.1 Å². The minimum absolute atomic E-state index is 0.0844. The van der Waals surface area contributed by atoms with Crippen LogP contribution in [0.25, 0.3) is 0 Å². The molecule has 4 heteroatoms. The van der Waals surface area contributed by atoms with E-state index >= 15 is 0 Å². The van der Waals surface area contributed by atoms with E-state index in [2.05, 4.69) is 11.8 Å². The Labute approximate surface area is 114 Å². The van der Waals surface area contributed by atoms with Crippen LogP contribution in [0.4, 0.5) is 0 Å². The van der Waals surface area contributed by atoms with Crippen molar-refractivity contribution in [3.63, 3.8) is 0 Å². The van der Waals surface area contributed by atoms with Crippen LogP contribution >= 0.6 is 0 Å². The first-order valence-corrected chi connectivity index (χ1v) is 6.67. The van der Waals surface area contributed by atoms with Crippen molar-refractivity contribution in [3.05, 3.63) is 29.8 Å². The van der Waals surface area contributed by atoms with E-state index in [1.807, 2.05) is 31.2 Å². The quantitative estimate of drug-likeness (QED) is 0.907. The van der Waals surface area contributed by atoms with E-state index in [-0.39, 0.29) is 18.0 Å². The Hall–Kier alpha value is -1.55. The molecule has 3 unspecified atom stereocenters. The molecule has 104 valence electrons. The third kappa shape index (κ3) is 2.73. The Morgan fingerprint density at radius 2 is 2.26 bits per heavy atom. The van der Waals surface area contributed by atoms with Crippen molar-refractivity contribution in [3.8, 4) is 5.75 Å². The Morgan fingerprint density at radius 1 is 1.53 bits per heavy atom. The van der Waals surface area contributed by atoms with Gasteiger partial charge in [0, 0.05) is 6.04 Å². The van der Waals surface area contributed by atoms with Crippen LogP contribution in [0.15, 0.2) is 24.3 Å². The summed E-state index contributed by atoms with van der Waals surface area (Å²) in [5.74, 6) is 0.286. The standard InChI is InChI=1S/C15H21NO3/c1-10-7-8-16(14(10)15(17)18)11(2)12-5-4-6-13(9-12)19-3/h4-6,9-11,14H,7-8H2,1-3H3,(H,17,18). The Kier molecular flexibility index (Phi) is 4.10. The average Bonchev–Trinajstić information content (AvgIpc) is 2.80. The van der Waals surface area contributed by atoms with Gasteiger partial charge in [-0.3, -0.25) is 9.69 Å². The summed E-state index contributed by atoms with van der Waals surface area (Å²) in [5.41, 5.74) is 1.10. The number of carbonyl (C=O) groups is 1. The fourth-order valence-electron chi connectivity index (χ4n) is 2.89. The minimum Gasteiger partial charge on any atom is -0.497 e. The van der Waals surface area contributed by atoms with Crippen molar-refractivity contribution in [2.45, 2.75) is 32.4 Å². The molecule has 1 aliphatic rings. The molecule has 1 aromatic carbocycles. The van der Waals surface area contributed by atoms with Crippen molar-refractivity contribution in [1.82, 2.24) is 4.90 Å². The van der Waals surface area contributed by atoms with Crippen LogP contribution in [-0.2, 0) is 4.79 Å². The molecule has 0 aliphatic carbocycles. The van der Waals surface area contributed by atoms with Crippen molar-refractivity contribution < 1.29 is 14.6 Å². The lowest BCUT2D eigenvalue weighted by Gasteiger charge is -2.30. The SMILES string of the molecule is COc1cccc(C(C)N2CCC(C)C2C(=O)O)c1. The number of ether oxygens (including phenoxy) is 1. The third-order valence-electron chi connectivity index (χ3n) is 4.07. The molecular weight excluding hydrogens is 242 g/mol. The van der Waals surface area contributed by atoms with Crippen LogP contribution in [0.2, 0.25) is 0 Å². The van der Waals surface area contributed by atoms with E-state index in [9.17, 15) is 9.90 Å². The second kappa shape index (κ2) is 5.61. The lowest BCUT2D eigenvalue weighted by atomic mass is 10.0. The predicted octanol–water partition coefficient (Wildman–Crippen LogP) is 2.55. The van der Waals surface area contributed by atoms with E-state index in [1.165, 1.54) is 0 Å². The fourth-order valence-corrected chi connectivity index (χ4v) is 2.89. The van der Waals surface area contributed by atoms with Crippen LogP contribution < -0.4 is 4.74 Å². The molecule has 1 N–H and O–H groups in total. The predicted molar refractivity (Wildman–Crippen MR) is 73.3 cm³/mol. The second-order valence-corrected chi connectivity index (χ2v) is 5.24. The van der Waals surface area contributed by atoms with Gasteiger partial charge in [0.1, 0.15) is 11.8 Å². The van der Waals surface area contributed by atoms with Gasteiger partial charge in [-0.05, 0) is 43.5 Å². The van der Waals surface area contributed by atoms with Gasteiger partial charge >= 0.3 is 5.97 Å². The molecule has 0 bridgehead atoms. The molecule has 4 nitrogen and oxygen atoms in total. The summed E-state index contributed by atoms with van der Waals surface area (Å²) < 4.78 is 5.23. The van der Waals surface area contributed by atoms with Gasteiger partial charge in [0.15, 0.2) is 0 Å². The minimum atomic E-state index is -0.722. The number of benzene rings is 1. The highest BCUT2D eigenvalue weighted by Gasteiger charge is 2.39. The molecule has 2 rings (SSSR count). The van der Waals surface area contributed by atoms with E-state index < -0.39 is 5.97 Å². The maximum atomic E-state index is 11.4. The number of nitrogens with zero attached hydrogens (tertiary/aromatic N) is 1. The summed E-state index contributed by atoms with van der Waals surface area (Å²) in [4.78, 5) is 13.5. The van der Waals surface area contributed by atoms with Gasteiger partial charge in [0.25, 0.3) is 0 Å². The number of aliphatic carboxylic acids is 1. The number of hydrogen-bond donors (Lipinski definition) is 1. The first kappa shape index (κ1) is 13.9. The lowest BCUT2D eigenvalue weighted by molar-refractivity contribution is -0.144. The van der Waals surface area contributed by atoms with Gasteiger partial charge < -0.3 is 9.84 Å². The van der Waals surface area contributed by atoms with Crippen LogP contribution in [0.3, 0.4) is 0 Å². The summed E-state index contributed by atoms with van der Waals surface area (Å²) in [6.45, 7) is 4.90. The van der Waals surface area contributed by atoms with Gasteiger partial charge in [-0.15, -0.1) is 0 Å². The number of rotatable bonds is 4. The molecule has 1 aromatic rings. The van der Waals surface area contributed by atoms with Gasteiger partial charge in [-0.25, -0.2) is 0 Å². The maximum absolute atomic E-state index is 11.4. The zero-order valence-electron chi connectivity index (χ0n) is 11.7. The van der Waals surface area contributed by atoms with Crippen LogP contribution in [0, 0.1) is 5.92 Å². The molecule has 1 saturated heterocycles. The first-order valence-electron chi connectivity index (χ1n) is 6.67.